The number of carbonyl (C=O) groups excluding carboxylic acids is 2. The number of hydrogen-bond acceptors (Lipinski definition) is 4. The Bertz CT molecular complexity index is 792. The average molecular weight is 350 g/mol. The summed E-state index contributed by atoms with van der Waals surface area (Å²) in [5, 5.41) is 5.21. The minimum Gasteiger partial charge on any atom is -0.397 e. The third-order valence-corrected chi connectivity index (χ3v) is 3.72. The summed E-state index contributed by atoms with van der Waals surface area (Å²) in [6.45, 7) is 0. The fourth-order valence-electron chi connectivity index (χ4n) is 2.07. The molecule has 0 unspecified atom stereocenters. The summed E-state index contributed by atoms with van der Waals surface area (Å²) < 4.78 is 13.6. The third-order valence-electron chi connectivity index (χ3n) is 3.11. The molecule has 0 fully saturated rings. The number of benzene rings is 2. The van der Waals surface area contributed by atoms with Crippen molar-refractivity contribution in [2.24, 2.45) is 0 Å². The minimum atomic E-state index is -0.461. The minimum absolute atomic E-state index is 0.233. The average Bonchev–Trinajstić information content (AvgIpc) is 2.71. The zero-order valence-electron chi connectivity index (χ0n) is 10.5. The van der Waals surface area contributed by atoms with Gasteiger partial charge >= 0.3 is 0 Å². The standard InChI is InChI=1S/C14H9BrFN3O2/c15-9-4-12(11(17)5-10(9)16)18-6-1-2-7-8(3-6)14(21)19-13(7)20/h1-5,18H,17H2,(H,19,20,21). The van der Waals surface area contributed by atoms with Crippen molar-refractivity contribution in [2.45, 2.75) is 0 Å². The van der Waals surface area contributed by atoms with E-state index in [9.17, 15) is 14.0 Å². The number of anilines is 3. The van der Waals surface area contributed by atoms with Gasteiger partial charge in [0.25, 0.3) is 11.8 Å². The maximum absolute atomic E-state index is 13.3. The van der Waals surface area contributed by atoms with E-state index in [-0.39, 0.29) is 10.2 Å². The number of amides is 2. The van der Waals surface area contributed by atoms with Gasteiger partial charge in [0.1, 0.15) is 5.82 Å². The monoisotopic (exact) mass is 349 g/mol. The molecule has 3 rings (SSSR count). The van der Waals surface area contributed by atoms with Gasteiger partial charge < -0.3 is 11.1 Å². The van der Waals surface area contributed by atoms with Crippen molar-refractivity contribution in [3.63, 3.8) is 0 Å². The summed E-state index contributed by atoms with van der Waals surface area (Å²) >= 11 is 3.08. The number of nitrogens with two attached hydrogens (primary N) is 1. The normalized spacial score (nSPS) is 13.0. The summed E-state index contributed by atoms with van der Waals surface area (Å²) in [6, 6.07) is 7.44. The number of rotatable bonds is 2. The number of halogens is 2. The van der Waals surface area contributed by atoms with Crippen molar-refractivity contribution in [1.82, 2.24) is 5.32 Å². The fourth-order valence-corrected chi connectivity index (χ4v) is 2.42. The first-order valence-electron chi connectivity index (χ1n) is 5.97. The molecule has 0 aromatic heterocycles. The van der Waals surface area contributed by atoms with Crippen molar-refractivity contribution in [3.8, 4) is 0 Å². The highest BCUT2D eigenvalue weighted by atomic mass is 79.9. The van der Waals surface area contributed by atoms with E-state index in [0.717, 1.165) is 0 Å². The molecular formula is C14H9BrFN3O2. The molecule has 0 spiro atoms. The van der Waals surface area contributed by atoms with E-state index < -0.39 is 17.6 Å². The van der Waals surface area contributed by atoms with E-state index in [4.69, 9.17) is 5.73 Å². The Kier molecular flexibility index (Phi) is 3.13. The molecule has 106 valence electrons. The summed E-state index contributed by atoms with van der Waals surface area (Å²) in [6.07, 6.45) is 0. The van der Waals surface area contributed by atoms with Crippen molar-refractivity contribution in [2.75, 3.05) is 11.1 Å². The first-order valence-corrected chi connectivity index (χ1v) is 6.76. The Morgan fingerprint density at radius 2 is 1.81 bits per heavy atom. The van der Waals surface area contributed by atoms with Crippen LogP contribution in [0.5, 0.6) is 0 Å². The Labute approximate surface area is 127 Å². The highest BCUT2D eigenvalue weighted by molar-refractivity contribution is 9.10. The van der Waals surface area contributed by atoms with Crippen LogP contribution < -0.4 is 16.4 Å². The van der Waals surface area contributed by atoms with Crippen molar-refractivity contribution < 1.29 is 14.0 Å². The second kappa shape index (κ2) is 4.85. The van der Waals surface area contributed by atoms with Gasteiger partial charge in [0, 0.05) is 11.8 Å². The maximum Gasteiger partial charge on any atom is 0.259 e. The van der Waals surface area contributed by atoms with Crippen LogP contribution in [0.4, 0.5) is 21.5 Å². The predicted molar refractivity (Wildman–Crippen MR) is 80.0 cm³/mol. The van der Waals surface area contributed by atoms with Crippen LogP contribution in [0.3, 0.4) is 0 Å². The Hall–Kier alpha value is -2.41. The van der Waals surface area contributed by atoms with E-state index in [2.05, 4.69) is 26.6 Å². The molecule has 7 heteroatoms. The van der Waals surface area contributed by atoms with Gasteiger partial charge in [-0.3, -0.25) is 14.9 Å². The van der Waals surface area contributed by atoms with Crippen molar-refractivity contribution in [1.29, 1.82) is 0 Å². The molecule has 4 N–H and O–H groups in total. The molecule has 0 saturated heterocycles. The van der Waals surface area contributed by atoms with Crippen LogP contribution in [0.15, 0.2) is 34.8 Å². The lowest BCUT2D eigenvalue weighted by Crippen LogP contribution is -2.19. The topological polar surface area (TPSA) is 84.2 Å². The maximum atomic E-state index is 13.3. The largest absolute Gasteiger partial charge is 0.397 e. The number of nitrogen functional groups attached to an aromatic ring is 1. The molecule has 0 atom stereocenters. The van der Waals surface area contributed by atoms with E-state index in [0.29, 0.717) is 22.5 Å². The van der Waals surface area contributed by atoms with Crippen LogP contribution in [0.1, 0.15) is 20.7 Å². The molecule has 0 saturated carbocycles. The van der Waals surface area contributed by atoms with Crippen LogP contribution in [-0.4, -0.2) is 11.8 Å². The molecule has 0 bridgehead atoms. The van der Waals surface area contributed by atoms with Gasteiger partial charge in [-0.05, 0) is 40.2 Å². The van der Waals surface area contributed by atoms with Crippen LogP contribution in [-0.2, 0) is 0 Å². The summed E-state index contributed by atoms with van der Waals surface area (Å²) in [7, 11) is 0. The highest BCUT2D eigenvalue weighted by Crippen LogP contribution is 2.30. The van der Waals surface area contributed by atoms with Gasteiger partial charge in [-0.15, -0.1) is 0 Å². The molecule has 21 heavy (non-hydrogen) atoms. The molecule has 2 aromatic rings. The molecule has 1 heterocycles. The fraction of sp³-hybridized carbons (Fsp3) is 0. The zero-order valence-corrected chi connectivity index (χ0v) is 12.1. The SMILES string of the molecule is Nc1cc(F)c(Br)cc1Nc1ccc2c(c1)C(=O)NC2=O. The van der Waals surface area contributed by atoms with Crippen LogP contribution >= 0.6 is 15.9 Å². The van der Waals surface area contributed by atoms with Crippen molar-refractivity contribution >= 4 is 44.8 Å². The quantitative estimate of drug-likeness (QED) is 0.574. The highest BCUT2D eigenvalue weighted by Gasteiger charge is 2.26. The molecule has 2 amide bonds. The molecule has 1 aliphatic rings. The summed E-state index contributed by atoms with van der Waals surface area (Å²) in [5.41, 5.74) is 7.67. The third kappa shape index (κ3) is 2.36. The van der Waals surface area contributed by atoms with Crippen LogP contribution in [0.25, 0.3) is 0 Å². The van der Waals surface area contributed by atoms with Gasteiger partial charge in [0.05, 0.1) is 27.0 Å². The molecule has 0 aliphatic carbocycles. The van der Waals surface area contributed by atoms with Gasteiger partial charge in [-0.25, -0.2) is 4.39 Å². The Balaban J connectivity index is 1.97. The van der Waals surface area contributed by atoms with E-state index >= 15 is 0 Å². The Morgan fingerprint density at radius 3 is 2.57 bits per heavy atom. The van der Waals surface area contributed by atoms with Crippen LogP contribution in [0, 0.1) is 5.82 Å². The molecule has 2 aromatic carbocycles. The van der Waals surface area contributed by atoms with Gasteiger partial charge in [-0.1, -0.05) is 0 Å². The number of fused-ring (bicyclic) bond motifs is 1. The lowest BCUT2D eigenvalue weighted by Gasteiger charge is -2.11. The number of imide groups is 1. The van der Waals surface area contributed by atoms with E-state index in [1.807, 2.05) is 0 Å². The smallest absolute Gasteiger partial charge is 0.259 e. The lowest BCUT2D eigenvalue weighted by molar-refractivity contribution is 0.0879. The zero-order chi connectivity index (χ0) is 15.1. The van der Waals surface area contributed by atoms with Gasteiger partial charge in [0.15, 0.2) is 0 Å². The second-order valence-corrected chi connectivity index (χ2v) is 5.38. The molecule has 1 aliphatic heterocycles. The predicted octanol–water partition coefficient (Wildman–Crippen LogP) is 2.80. The lowest BCUT2D eigenvalue weighted by atomic mass is 10.1. The Morgan fingerprint density at radius 1 is 1.10 bits per heavy atom. The molecule has 5 nitrogen and oxygen atoms in total. The summed E-state index contributed by atoms with van der Waals surface area (Å²) in [5.74, 6) is -1.31. The van der Waals surface area contributed by atoms with Crippen LogP contribution in [0.2, 0.25) is 0 Å². The van der Waals surface area contributed by atoms with Crippen molar-refractivity contribution in [3.05, 3.63) is 51.7 Å². The second-order valence-electron chi connectivity index (χ2n) is 4.52. The van der Waals surface area contributed by atoms with Gasteiger partial charge in [-0.2, -0.15) is 0 Å². The number of carbonyl (C=O) groups is 2. The van der Waals surface area contributed by atoms with Gasteiger partial charge in [0.2, 0.25) is 0 Å². The molecule has 0 radical (unpaired) electrons. The van der Waals surface area contributed by atoms with E-state index in [1.54, 1.807) is 18.2 Å². The first-order chi connectivity index (χ1) is 9.95. The summed E-state index contributed by atoms with van der Waals surface area (Å²) in [4.78, 5) is 23.1. The first kappa shape index (κ1) is 13.6. The van der Waals surface area contributed by atoms with E-state index in [1.165, 1.54) is 12.1 Å². The molecular weight excluding hydrogens is 341 g/mol. The number of nitrogens with one attached hydrogen (secondary N) is 2. The number of hydrogen-bond donors (Lipinski definition) is 3.